The molecule has 7 heteroatoms. The second-order valence-electron chi connectivity index (χ2n) is 4.11. The molecule has 0 aliphatic carbocycles. The van der Waals surface area contributed by atoms with Gasteiger partial charge in [-0.25, -0.2) is 4.98 Å². The van der Waals surface area contributed by atoms with Crippen molar-refractivity contribution < 1.29 is 17.9 Å². The van der Waals surface area contributed by atoms with Gasteiger partial charge in [0.25, 0.3) is 0 Å². The molecular weight excluding hydrogens is 305 g/mol. The lowest BCUT2D eigenvalue weighted by atomic mass is 10.1. The molecular formula is C14H8ClF3N2O. The van der Waals surface area contributed by atoms with E-state index in [0.29, 0.717) is 11.3 Å². The van der Waals surface area contributed by atoms with Crippen LogP contribution in [0.2, 0.25) is 5.15 Å². The van der Waals surface area contributed by atoms with E-state index in [0.717, 1.165) is 12.1 Å². The number of hydrogen-bond acceptors (Lipinski definition) is 3. The summed E-state index contributed by atoms with van der Waals surface area (Å²) >= 11 is 5.71. The van der Waals surface area contributed by atoms with Crippen LogP contribution in [-0.4, -0.2) is 4.98 Å². The van der Waals surface area contributed by atoms with Crippen LogP contribution in [0.25, 0.3) is 0 Å². The molecule has 0 amide bonds. The summed E-state index contributed by atoms with van der Waals surface area (Å²) in [6.45, 7) is 0.0589. The number of rotatable bonds is 3. The minimum atomic E-state index is -4.36. The topological polar surface area (TPSA) is 45.9 Å². The van der Waals surface area contributed by atoms with Crippen LogP contribution in [0.4, 0.5) is 13.2 Å². The van der Waals surface area contributed by atoms with E-state index >= 15 is 0 Å². The average Bonchev–Trinajstić information content (AvgIpc) is 2.44. The van der Waals surface area contributed by atoms with Gasteiger partial charge in [-0.2, -0.15) is 18.4 Å². The summed E-state index contributed by atoms with van der Waals surface area (Å²) in [6, 6.07) is 9.28. The van der Waals surface area contributed by atoms with Crippen LogP contribution in [0.5, 0.6) is 5.75 Å². The summed E-state index contributed by atoms with van der Waals surface area (Å²) in [5, 5.41) is 8.85. The SMILES string of the molecule is N#Cc1cc(OCc2ccc(C(F)(F)F)cc2)cc(Cl)n1. The Bertz CT molecular complexity index is 678. The quantitative estimate of drug-likeness (QED) is 0.798. The van der Waals surface area contributed by atoms with E-state index in [9.17, 15) is 13.2 Å². The predicted octanol–water partition coefficient (Wildman–Crippen LogP) is 4.20. The lowest BCUT2D eigenvalue weighted by Gasteiger charge is -2.09. The van der Waals surface area contributed by atoms with Gasteiger partial charge in [0.1, 0.15) is 29.3 Å². The molecule has 0 radical (unpaired) electrons. The van der Waals surface area contributed by atoms with Gasteiger partial charge in [0.05, 0.1) is 5.56 Å². The highest BCUT2D eigenvalue weighted by Crippen LogP contribution is 2.29. The number of pyridine rings is 1. The van der Waals surface area contributed by atoms with Crippen LogP contribution in [-0.2, 0) is 12.8 Å². The van der Waals surface area contributed by atoms with Crippen LogP contribution in [0.3, 0.4) is 0 Å². The highest BCUT2D eigenvalue weighted by molar-refractivity contribution is 6.29. The first-order valence-corrected chi connectivity index (χ1v) is 6.13. The standard InChI is InChI=1S/C14H8ClF3N2O/c15-13-6-12(5-11(7-19)20-13)21-8-9-1-3-10(4-2-9)14(16,17)18/h1-6H,8H2. The first-order chi connectivity index (χ1) is 9.88. The fraction of sp³-hybridized carbons (Fsp3) is 0.143. The summed E-state index contributed by atoms with van der Waals surface area (Å²) in [7, 11) is 0. The molecule has 2 rings (SSSR count). The molecule has 1 aromatic heterocycles. The Morgan fingerprint density at radius 2 is 1.86 bits per heavy atom. The van der Waals surface area contributed by atoms with E-state index in [2.05, 4.69) is 4.98 Å². The first kappa shape index (κ1) is 15.1. The van der Waals surface area contributed by atoms with Gasteiger partial charge in [0.2, 0.25) is 0 Å². The smallest absolute Gasteiger partial charge is 0.416 e. The fourth-order valence-electron chi connectivity index (χ4n) is 1.57. The maximum absolute atomic E-state index is 12.4. The number of hydrogen-bond donors (Lipinski definition) is 0. The average molecular weight is 313 g/mol. The minimum absolute atomic E-state index is 0.0589. The van der Waals surface area contributed by atoms with Crippen molar-refractivity contribution >= 4 is 11.6 Å². The lowest BCUT2D eigenvalue weighted by Crippen LogP contribution is -2.05. The number of nitrogens with zero attached hydrogens (tertiary/aromatic N) is 2. The van der Waals surface area contributed by atoms with Crippen LogP contribution >= 0.6 is 11.6 Å². The van der Waals surface area contributed by atoms with Crippen molar-refractivity contribution in [3.05, 3.63) is 58.4 Å². The molecule has 0 aliphatic heterocycles. The molecule has 2 aromatic rings. The summed E-state index contributed by atoms with van der Waals surface area (Å²) in [5.74, 6) is 0.325. The Hall–Kier alpha value is -2.26. The second-order valence-corrected chi connectivity index (χ2v) is 4.49. The van der Waals surface area contributed by atoms with Gasteiger partial charge in [-0.05, 0) is 17.7 Å². The minimum Gasteiger partial charge on any atom is -0.489 e. The zero-order valence-electron chi connectivity index (χ0n) is 10.5. The second kappa shape index (κ2) is 6.02. The normalized spacial score (nSPS) is 11.0. The molecule has 1 aromatic carbocycles. The summed E-state index contributed by atoms with van der Waals surface area (Å²) in [6.07, 6.45) is -4.36. The van der Waals surface area contributed by atoms with Crippen molar-refractivity contribution in [3.8, 4) is 11.8 Å². The number of benzene rings is 1. The highest BCUT2D eigenvalue weighted by atomic mass is 35.5. The Labute approximate surface area is 123 Å². The first-order valence-electron chi connectivity index (χ1n) is 5.75. The monoisotopic (exact) mass is 312 g/mol. The molecule has 0 atom stereocenters. The van der Waals surface area contributed by atoms with E-state index in [1.54, 1.807) is 0 Å². The third kappa shape index (κ3) is 4.10. The molecule has 1 heterocycles. The third-order valence-corrected chi connectivity index (χ3v) is 2.76. The van der Waals surface area contributed by atoms with Crippen molar-refractivity contribution in [2.75, 3.05) is 0 Å². The van der Waals surface area contributed by atoms with Crippen LogP contribution < -0.4 is 4.74 Å². The Kier molecular flexibility index (Phi) is 4.34. The molecule has 108 valence electrons. The molecule has 0 N–H and O–H groups in total. The van der Waals surface area contributed by atoms with Crippen LogP contribution in [0, 0.1) is 11.3 Å². The summed E-state index contributed by atoms with van der Waals surface area (Å²) < 4.78 is 42.6. The Balaban J connectivity index is 2.07. The zero-order valence-corrected chi connectivity index (χ0v) is 11.2. The summed E-state index contributed by atoms with van der Waals surface area (Å²) in [4.78, 5) is 3.75. The maximum Gasteiger partial charge on any atom is 0.416 e. The number of halogens is 4. The molecule has 0 saturated carbocycles. The van der Waals surface area contributed by atoms with E-state index in [1.165, 1.54) is 24.3 Å². The number of alkyl halides is 3. The van der Waals surface area contributed by atoms with E-state index < -0.39 is 11.7 Å². The lowest BCUT2D eigenvalue weighted by molar-refractivity contribution is -0.137. The molecule has 0 fully saturated rings. The van der Waals surface area contributed by atoms with E-state index in [4.69, 9.17) is 21.6 Å². The molecule has 0 bridgehead atoms. The molecule has 21 heavy (non-hydrogen) atoms. The number of ether oxygens (including phenoxy) is 1. The third-order valence-electron chi connectivity index (χ3n) is 2.57. The van der Waals surface area contributed by atoms with Crippen molar-refractivity contribution in [1.82, 2.24) is 4.98 Å². The van der Waals surface area contributed by atoms with Gasteiger partial charge >= 0.3 is 6.18 Å². The Morgan fingerprint density at radius 1 is 1.19 bits per heavy atom. The largest absolute Gasteiger partial charge is 0.489 e. The molecule has 0 spiro atoms. The van der Waals surface area contributed by atoms with Crippen molar-refractivity contribution in [1.29, 1.82) is 5.26 Å². The zero-order chi connectivity index (χ0) is 15.5. The molecule has 0 unspecified atom stereocenters. The van der Waals surface area contributed by atoms with Crippen molar-refractivity contribution in [3.63, 3.8) is 0 Å². The van der Waals surface area contributed by atoms with Gasteiger partial charge in [0.15, 0.2) is 0 Å². The van der Waals surface area contributed by atoms with E-state index in [-0.39, 0.29) is 17.5 Å². The van der Waals surface area contributed by atoms with Crippen LogP contribution in [0.1, 0.15) is 16.8 Å². The van der Waals surface area contributed by atoms with Gasteiger partial charge < -0.3 is 4.74 Å². The van der Waals surface area contributed by atoms with Crippen molar-refractivity contribution in [2.24, 2.45) is 0 Å². The molecule has 0 aliphatic rings. The van der Waals surface area contributed by atoms with Gasteiger partial charge in [-0.1, -0.05) is 23.7 Å². The number of aromatic nitrogens is 1. The number of nitriles is 1. The fourth-order valence-corrected chi connectivity index (χ4v) is 1.77. The molecule has 3 nitrogen and oxygen atoms in total. The summed E-state index contributed by atoms with van der Waals surface area (Å²) in [5.41, 5.74) is -0.0515. The Morgan fingerprint density at radius 3 is 2.43 bits per heavy atom. The van der Waals surface area contributed by atoms with Crippen molar-refractivity contribution in [2.45, 2.75) is 12.8 Å². The molecule has 0 saturated heterocycles. The highest BCUT2D eigenvalue weighted by Gasteiger charge is 2.29. The predicted molar refractivity (Wildman–Crippen MR) is 69.7 cm³/mol. The van der Waals surface area contributed by atoms with E-state index in [1.807, 2.05) is 6.07 Å². The maximum atomic E-state index is 12.4. The van der Waals surface area contributed by atoms with Gasteiger partial charge in [-0.15, -0.1) is 0 Å². The van der Waals surface area contributed by atoms with Crippen LogP contribution in [0.15, 0.2) is 36.4 Å². The van der Waals surface area contributed by atoms with Gasteiger partial charge in [0, 0.05) is 12.1 Å². The van der Waals surface area contributed by atoms with Gasteiger partial charge in [-0.3, -0.25) is 0 Å².